The number of rotatable bonds is 11. The summed E-state index contributed by atoms with van der Waals surface area (Å²) in [5.74, 6) is 1.75. The third-order valence-electron chi connectivity index (χ3n) is 4.16. The SMILES string of the molecule is COC(=O)/C=C/c1ccc(OCC(O)CNc2ccc(OC)c(OC)c2)c(OC)c1. The predicted molar refractivity (Wildman–Crippen MR) is 114 cm³/mol. The van der Waals surface area contributed by atoms with Gasteiger partial charge in [-0.2, -0.15) is 0 Å². The molecular weight excluding hydrogens is 390 g/mol. The van der Waals surface area contributed by atoms with E-state index in [1.54, 1.807) is 50.6 Å². The highest BCUT2D eigenvalue weighted by atomic mass is 16.5. The Morgan fingerprint density at radius 3 is 2.30 bits per heavy atom. The van der Waals surface area contributed by atoms with Crippen LogP contribution in [0.15, 0.2) is 42.5 Å². The van der Waals surface area contributed by atoms with E-state index < -0.39 is 12.1 Å². The van der Waals surface area contributed by atoms with Gasteiger partial charge in [0.2, 0.25) is 0 Å². The maximum atomic E-state index is 11.2. The second-order valence-corrected chi connectivity index (χ2v) is 6.18. The van der Waals surface area contributed by atoms with Crippen molar-refractivity contribution in [2.24, 2.45) is 0 Å². The van der Waals surface area contributed by atoms with Gasteiger partial charge in [0.25, 0.3) is 0 Å². The van der Waals surface area contributed by atoms with Crippen molar-refractivity contribution in [3.8, 4) is 23.0 Å². The van der Waals surface area contributed by atoms with Gasteiger partial charge in [0.15, 0.2) is 23.0 Å². The number of methoxy groups -OCH3 is 4. The molecule has 0 radical (unpaired) electrons. The zero-order valence-corrected chi connectivity index (χ0v) is 17.5. The van der Waals surface area contributed by atoms with Gasteiger partial charge >= 0.3 is 5.97 Å². The second kappa shape index (κ2) is 11.6. The molecule has 0 aliphatic heterocycles. The summed E-state index contributed by atoms with van der Waals surface area (Å²) < 4.78 is 26.1. The van der Waals surface area contributed by atoms with Crippen LogP contribution in [-0.4, -0.2) is 58.8 Å². The zero-order valence-electron chi connectivity index (χ0n) is 17.5. The highest BCUT2D eigenvalue weighted by Gasteiger charge is 2.11. The van der Waals surface area contributed by atoms with Crippen molar-refractivity contribution in [3.05, 3.63) is 48.0 Å². The van der Waals surface area contributed by atoms with Crippen LogP contribution in [0.2, 0.25) is 0 Å². The first-order valence-corrected chi connectivity index (χ1v) is 9.21. The van der Waals surface area contributed by atoms with Gasteiger partial charge in [-0.1, -0.05) is 6.07 Å². The van der Waals surface area contributed by atoms with Crippen molar-refractivity contribution < 1.29 is 33.6 Å². The Labute approximate surface area is 176 Å². The molecule has 8 heteroatoms. The van der Waals surface area contributed by atoms with Crippen LogP contribution in [0.5, 0.6) is 23.0 Å². The van der Waals surface area contributed by atoms with Crippen molar-refractivity contribution in [2.75, 3.05) is 46.9 Å². The maximum absolute atomic E-state index is 11.2. The van der Waals surface area contributed by atoms with E-state index in [0.29, 0.717) is 23.0 Å². The minimum atomic E-state index is -0.762. The van der Waals surface area contributed by atoms with Gasteiger partial charge in [-0.15, -0.1) is 0 Å². The normalized spacial score (nSPS) is 11.6. The van der Waals surface area contributed by atoms with Gasteiger partial charge in [0, 0.05) is 24.4 Å². The summed E-state index contributed by atoms with van der Waals surface area (Å²) in [6, 6.07) is 10.6. The van der Waals surface area contributed by atoms with E-state index in [0.717, 1.165) is 11.3 Å². The zero-order chi connectivity index (χ0) is 21.9. The Morgan fingerprint density at radius 1 is 0.967 bits per heavy atom. The van der Waals surface area contributed by atoms with Gasteiger partial charge in [-0.05, 0) is 35.9 Å². The van der Waals surface area contributed by atoms with Crippen molar-refractivity contribution >= 4 is 17.7 Å². The fourth-order valence-electron chi connectivity index (χ4n) is 2.57. The van der Waals surface area contributed by atoms with Gasteiger partial charge in [-0.3, -0.25) is 0 Å². The monoisotopic (exact) mass is 417 g/mol. The summed E-state index contributed by atoms with van der Waals surface area (Å²) in [5, 5.41) is 13.4. The Bertz CT molecular complexity index is 867. The van der Waals surface area contributed by atoms with Crippen LogP contribution in [0.3, 0.4) is 0 Å². The smallest absolute Gasteiger partial charge is 0.330 e. The van der Waals surface area contributed by atoms with Crippen molar-refractivity contribution in [2.45, 2.75) is 6.10 Å². The molecule has 0 aliphatic carbocycles. The van der Waals surface area contributed by atoms with E-state index >= 15 is 0 Å². The van der Waals surface area contributed by atoms with Crippen LogP contribution < -0.4 is 24.3 Å². The molecule has 0 saturated carbocycles. The molecule has 8 nitrogen and oxygen atoms in total. The Balaban J connectivity index is 1.91. The lowest BCUT2D eigenvalue weighted by Gasteiger charge is -2.16. The van der Waals surface area contributed by atoms with E-state index in [-0.39, 0.29) is 13.2 Å². The molecule has 162 valence electrons. The van der Waals surface area contributed by atoms with Crippen LogP contribution >= 0.6 is 0 Å². The molecule has 0 amide bonds. The topological polar surface area (TPSA) is 95.5 Å². The summed E-state index contributed by atoms with van der Waals surface area (Å²) in [6.07, 6.45) is 2.17. The molecule has 1 atom stereocenters. The predicted octanol–water partition coefficient (Wildman–Crippen LogP) is 2.75. The first-order valence-electron chi connectivity index (χ1n) is 9.21. The standard InChI is InChI=1S/C22H27NO7/c1-26-18-9-7-16(12-21(18)28-3)23-13-17(24)14-30-19-8-5-15(11-20(19)27-2)6-10-22(25)29-4/h5-12,17,23-24H,13-14H2,1-4H3/b10-6+. The van der Waals surface area contributed by atoms with E-state index in [9.17, 15) is 9.90 Å². The Kier molecular flexibility index (Phi) is 8.83. The highest BCUT2D eigenvalue weighted by Crippen LogP contribution is 2.30. The van der Waals surface area contributed by atoms with Crippen LogP contribution in [0, 0.1) is 0 Å². The summed E-state index contributed by atoms with van der Waals surface area (Å²) >= 11 is 0. The molecule has 0 aliphatic rings. The van der Waals surface area contributed by atoms with Gasteiger partial charge < -0.3 is 34.1 Å². The van der Waals surface area contributed by atoms with Crippen LogP contribution in [-0.2, 0) is 9.53 Å². The molecule has 2 rings (SSSR count). The number of esters is 1. The molecule has 30 heavy (non-hydrogen) atoms. The third-order valence-corrected chi connectivity index (χ3v) is 4.16. The van der Waals surface area contributed by atoms with Crippen molar-refractivity contribution in [1.82, 2.24) is 0 Å². The number of hydrogen-bond donors (Lipinski definition) is 2. The molecular formula is C22H27NO7. The van der Waals surface area contributed by atoms with E-state index in [1.165, 1.54) is 20.3 Å². The number of hydrogen-bond acceptors (Lipinski definition) is 8. The van der Waals surface area contributed by atoms with Gasteiger partial charge in [-0.25, -0.2) is 4.79 Å². The number of benzene rings is 2. The first-order chi connectivity index (χ1) is 14.5. The number of carbonyl (C=O) groups is 1. The van der Waals surface area contributed by atoms with E-state index in [4.69, 9.17) is 18.9 Å². The first kappa shape index (κ1) is 22.9. The molecule has 2 aromatic rings. The molecule has 0 spiro atoms. The second-order valence-electron chi connectivity index (χ2n) is 6.18. The van der Waals surface area contributed by atoms with Crippen LogP contribution in [0.4, 0.5) is 5.69 Å². The average Bonchev–Trinajstić information content (AvgIpc) is 2.79. The average molecular weight is 417 g/mol. The Morgan fingerprint density at radius 2 is 1.63 bits per heavy atom. The lowest BCUT2D eigenvalue weighted by atomic mass is 10.2. The van der Waals surface area contributed by atoms with Gasteiger partial charge in [0.05, 0.1) is 28.4 Å². The van der Waals surface area contributed by atoms with E-state index in [2.05, 4.69) is 10.1 Å². The largest absolute Gasteiger partial charge is 0.493 e. The number of anilines is 1. The lowest BCUT2D eigenvalue weighted by Crippen LogP contribution is -2.26. The lowest BCUT2D eigenvalue weighted by molar-refractivity contribution is -0.134. The van der Waals surface area contributed by atoms with Crippen LogP contribution in [0.25, 0.3) is 6.08 Å². The number of nitrogens with one attached hydrogen (secondary N) is 1. The summed E-state index contributed by atoms with van der Waals surface area (Å²) in [5.41, 5.74) is 1.53. The fourth-order valence-corrected chi connectivity index (χ4v) is 2.57. The fraction of sp³-hybridized carbons (Fsp3) is 0.318. The molecule has 0 saturated heterocycles. The van der Waals surface area contributed by atoms with Crippen molar-refractivity contribution in [1.29, 1.82) is 0 Å². The van der Waals surface area contributed by atoms with E-state index in [1.807, 2.05) is 6.07 Å². The molecule has 0 aromatic heterocycles. The number of aliphatic hydroxyl groups excluding tert-OH is 1. The minimum Gasteiger partial charge on any atom is -0.493 e. The molecule has 1 unspecified atom stereocenters. The van der Waals surface area contributed by atoms with Crippen LogP contribution in [0.1, 0.15) is 5.56 Å². The number of aliphatic hydroxyl groups is 1. The molecule has 2 aromatic carbocycles. The summed E-state index contributed by atoms with van der Waals surface area (Å²) in [4.78, 5) is 11.2. The molecule has 0 fully saturated rings. The van der Waals surface area contributed by atoms with Gasteiger partial charge in [0.1, 0.15) is 12.7 Å². The highest BCUT2D eigenvalue weighted by molar-refractivity contribution is 5.87. The Hall–Kier alpha value is -3.39. The maximum Gasteiger partial charge on any atom is 0.330 e. The summed E-state index contributed by atoms with van der Waals surface area (Å²) in [6.45, 7) is 0.339. The molecule has 0 heterocycles. The minimum absolute atomic E-state index is 0.0635. The number of carbonyl (C=O) groups excluding carboxylic acids is 1. The van der Waals surface area contributed by atoms with Crippen molar-refractivity contribution in [3.63, 3.8) is 0 Å². The number of ether oxygens (including phenoxy) is 5. The summed E-state index contributed by atoms with van der Waals surface area (Å²) in [7, 11) is 5.97. The molecule has 0 bridgehead atoms. The molecule has 2 N–H and O–H groups in total. The quantitative estimate of drug-likeness (QED) is 0.426. The third kappa shape index (κ3) is 6.59.